The SMILES string of the molecule is CCc1c(C(=O)O)nnn1CC(=O)Nc1cccc(Cl)c1. The Balaban J connectivity index is 2.11. The van der Waals surface area contributed by atoms with Crippen LogP contribution in [0.2, 0.25) is 5.02 Å². The third-order valence-electron chi connectivity index (χ3n) is 2.78. The predicted octanol–water partition coefficient (Wildman–Crippen LogP) is 1.83. The van der Waals surface area contributed by atoms with Gasteiger partial charge in [0.1, 0.15) is 6.54 Å². The highest BCUT2D eigenvalue weighted by molar-refractivity contribution is 6.30. The molecule has 1 heterocycles. The molecule has 1 aromatic carbocycles. The second-order valence-electron chi connectivity index (χ2n) is 4.26. The zero-order valence-corrected chi connectivity index (χ0v) is 12.0. The van der Waals surface area contributed by atoms with E-state index in [1.807, 2.05) is 0 Å². The minimum atomic E-state index is -1.16. The first kappa shape index (κ1) is 15.0. The monoisotopic (exact) mass is 308 g/mol. The molecule has 7 nitrogen and oxygen atoms in total. The maximum atomic E-state index is 12.0. The summed E-state index contributed by atoms with van der Waals surface area (Å²) < 4.78 is 1.28. The first-order valence-electron chi connectivity index (χ1n) is 6.22. The van der Waals surface area contributed by atoms with Crippen LogP contribution in [0.1, 0.15) is 23.1 Å². The van der Waals surface area contributed by atoms with E-state index in [2.05, 4.69) is 15.6 Å². The second kappa shape index (κ2) is 6.36. The summed E-state index contributed by atoms with van der Waals surface area (Å²) >= 11 is 5.83. The van der Waals surface area contributed by atoms with E-state index in [0.717, 1.165) is 0 Å². The molecule has 0 bridgehead atoms. The molecular weight excluding hydrogens is 296 g/mol. The van der Waals surface area contributed by atoms with Crippen molar-refractivity contribution < 1.29 is 14.7 Å². The second-order valence-corrected chi connectivity index (χ2v) is 4.70. The lowest BCUT2D eigenvalue weighted by molar-refractivity contribution is -0.117. The molecule has 0 atom stereocenters. The maximum absolute atomic E-state index is 12.0. The highest BCUT2D eigenvalue weighted by atomic mass is 35.5. The lowest BCUT2D eigenvalue weighted by Crippen LogP contribution is -2.21. The first-order valence-corrected chi connectivity index (χ1v) is 6.60. The number of nitrogens with zero attached hydrogens (tertiary/aromatic N) is 3. The molecule has 0 radical (unpaired) electrons. The zero-order chi connectivity index (χ0) is 15.4. The van der Waals surface area contributed by atoms with Crippen molar-refractivity contribution in [3.05, 3.63) is 40.7 Å². The predicted molar refractivity (Wildman–Crippen MR) is 76.4 cm³/mol. The van der Waals surface area contributed by atoms with Crippen molar-refractivity contribution in [1.29, 1.82) is 0 Å². The summed E-state index contributed by atoms with van der Waals surface area (Å²) in [7, 11) is 0. The fourth-order valence-electron chi connectivity index (χ4n) is 1.88. The van der Waals surface area contributed by atoms with E-state index in [4.69, 9.17) is 16.7 Å². The Morgan fingerprint density at radius 3 is 2.81 bits per heavy atom. The van der Waals surface area contributed by atoms with Gasteiger partial charge in [-0.3, -0.25) is 4.79 Å². The molecule has 1 amide bonds. The number of anilines is 1. The summed E-state index contributed by atoms with van der Waals surface area (Å²) in [6.07, 6.45) is 0.416. The number of halogens is 1. The number of carbonyl (C=O) groups is 2. The van der Waals surface area contributed by atoms with Crippen molar-refractivity contribution in [3.63, 3.8) is 0 Å². The summed E-state index contributed by atoms with van der Waals surface area (Å²) in [5.74, 6) is -1.50. The molecule has 2 rings (SSSR count). The molecule has 0 unspecified atom stereocenters. The Morgan fingerprint density at radius 1 is 1.43 bits per heavy atom. The molecule has 0 saturated carbocycles. The number of carbonyl (C=O) groups excluding carboxylic acids is 1. The van der Waals surface area contributed by atoms with Crippen molar-refractivity contribution in [3.8, 4) is 0 Å². The Labute approximate surface area is 125 Å². The van der Waals surface area contributed by atoms with Crippen LogP contribution in [0.15, 0.2) is 24.3 Å². The number of aromatic nitrogens is 3. The van der Waals surface area contributed by atoms with Gasteiger partial charge in [-0.15, -0.1) is 5.10 Å². The molecule has 110 valence electrons. The number of nitrogens with one attached hydrogen (secondary N) is 1. The van der Waals surface area contributed by atoms with Crippen LogP contribution >= 0.6 is 11.6 Å². The molecular formula is C13H13ClN4O3. The number of carboxylic acid groups (broad SMARTS) is 1. The summed E-state index contributed by atoms with van der Waals surface area (Å²) in [6, 6.07) is 6.73. The average molecular weight is 309 g/mol. The topological polar surface area (TPSA) is 97.1 Å². The molecule has 8 heteroatoms. The van der Waals surface area contributed by atoms with Crippen LogP contribution < -0.4 is 5.32 Å². The first-order chi connectivity index (χ1) is 10.0. The van der Waals surface area contributed by atoms with Crippen molar-refractivity contribution in [2.75, 3.05) is 5.32 Å². The third-order valence-corrected chi connectivity index (χ3v) is 3.01. The Kier molecular flexibility index (Phi) is 4.54. The van der Waals surface area contributed by atoms with E-state index in [0.29, 0.717) is 22.8 Å². The molecule has 0 aliphatic heterocycles. The quantitative estimate of drug-likeness (QED) is 0.878. The number of benzene rings is 1. The maximum Gasteiger partial charge on any atom is 0.358 e. The van der Waals surface area contributed by atoms with E-state index < -0.39 is 5.97 Å². The largest absolute Gasteiger partial charge is 0.476 e. The van der Waals surface area contributed by atoms with Gasteiger partial charge in [-0.1, -0.05) is 29.8 Å². The van der Waals surface area contributed by atoms with Gasteiger partial charge in [-0.25, -0.2) is 9.48 Å². The smallest absolute Gasteiger partial charge is 0.358 e. The van der Waals surface area contributed by atoms with Gasteiger partial charge in [0.15, 0.2) is 5.69 Å². The summed E-state index contributed by atoms with van der Waals surface area (Å²) in [4.78, 5) is 22.9. The van der Waals surface area contributed by atoms with E-state index in [9.17, 15) is 9.59 Å². The van der Waals surface area contributed by atoms with Crippen molar-refractivity contribution in [2.24, 2.45) is 0 Å². The summed E-state index contributed by atoms with van der Waals surface area (Å²) in [6.45, 7) is 1.66. The average Bonchev–Trinajstić information content (AvgIpc) is 2.81. The normalized spacial score (nSPS) is 10.4. The van der Waals surface area contributed by atoms with E-state index in [-0.39, 0.29) is 18.1 Å². The Hall–Kier alpha value is -2.41. The van der Waals surface area contributed by atoms with Crippen LogP contribution in [-0.4, -0.2) is 32.0 Å². The zero-order valence-electron chi connectivity index (χ0n) is 11.2. The molecule has 0 aliphatic rings. The van der Waals surface area contributed by atoms with Crippen LogP contribution in [-0.2, 0) is 17.8 Å². The molecule has 0 spiro atoms. The van der Waals surface area contributed by atoms with Crippen molar-refractivity contribution in [2.45, 2.75) is 19.9 Å². The minimum Gasteiger partial charge on any atom is -0.476 e. The number of carboxylic acids is 1. The van der Waals surface area contributed by atoms with Gasteiger partial charge >= 0.3 is 5.97 Å². The number of amides is 1. The number of aromatic carboxylic acids is 1. The fourth-order valence-corrected chi connectivity index (χ4v) is 2.07. The lowest BCUT2D eigenvalue weighted by atomic mass is 10.2. The molecule has 2 aromatic rings. The van der Waals surface area contributed by atoms with E-state index in [1.54, 1.807) is 31.2 Å². The third kappa shape index (κ3) is 3.57. The number of rotatable bonds is 5. The van der Waals surface area contributed by atoms with Crippen LogP contribution in [0.25, 0.3) is 0 Å². The summed E-state index contributed by atoms with van der Waals surface area (Å²) in [5.41, 5.74) is 0.834. The number of hydrogen-bond donors (Lipinski definition) is 2. The Morgan fingerprint density at radius 2 is 2.19 bits per heavy atom. The molecule has 21 heavy (non-hydrogen) atoms. The van der Waals surface area contributed by atoms with Gasteiger partial charge in [-0.05, 0) is 24.6 Å². The number of hydrogen-bond acceptors (Lipinski definition) is 4. The highest BCUT2D eigenvalue weighted by Crippen LogP contribution is 2.15. The van der Waals surface area contributed by atoms with E-state index in [1.165, 1.54) is 4.68 Å². The van der Waals surface area contributed by atoms with E-state index >= 15 is 0 Å². The molecule has 0 fully saturated rings. The fraction of sp³-hybridized carbons (Fsp3) is 0.231. The molecule has 1 aromatic heterocycles. The van der Waals surface area contributed by atoms with Crippen LogP contribution in [0.3, 0.4) is 0 Å². The minimum absolute atomic E-state index is 0.115. The Bertz CT molecular complexity index is 684. The van der Waals surface area contributed by atoms with Crippen LogP contribution in [0, 0.1) is 0 Å². The van der Waals surface area contributed by atoms with Gasteiger partial charge in [0.2, 0.25) is 5.91 Å². The van der Waals surface area contributed by atoms with Gasteiger partial charge in [0.05, 0.1) is 5.69 Å². The van der Waals surface area contributed by atoms with Crippen molar-refractivity contribution in [1.82, 2.24) is 15.0 Å². The highest BCUT2D eigenvalue weighted by Gasteiger charge is 2.18. The van der Waals surface area contributed by atoms with Gasteiger partial charge < -0.3 is 10.4 Å². The van der Waals surface area contributed by atoms with Crippen LogP contribution in [0.4, 0.5) is 5.69 Å². The molecule has 0 saturated heterocycles. The van der Waals surface area contributed by atoms with Crippen LogP contribution in [0.5, 0.6) is 0 Å². The van der Waals surface area contributed by atoms with Gasteiger partial charge in [0, 0.05) is 10.7 Å². The molecule has 0 aliphatic carbocycles. The van der Waals surface area contributed by atoms with Gasteiger partial charge in [0.25, 0.3) is 0 Å². The lowest BCUT2D eigenvalue weighted by Gasteiger charge is -2.07. The van der Waals surface area contributed by atoms with Crippen molar-refractivity contribution >= 4 is 29.2 Å². The molecule has 2 N–H and O–H groups in total. The standard InChI is InChI=1S/C13H13ClN4O3/c1-2-10-12(13(20)21)16-17-18(10)7-11(19)15-9-5-3-4-8(14)6-9/h3-6H,2,7H2,1H3,(H,15,19)(H,20,21). The van der Waals surface area contributed by atoms with Gasteiger partial charge in [-0.2, -0.15) is 0 Å². The summed E-state index contributed by atoms with van der Waals surface area (Å²) in [5, 5.41) is 19.4.